The number of nitrogens with one attached hydrogen (secondary N) is 1. The Morgan fingerprint density at radius 2 is 1.85 bits per heavy atom. The van der Waals surface area contributed by atoms with E-state index in [1.165, 1.54) is 0 Å². The van der Waals surface area contributed by atoms with Gasteiger partial charge in [0.25, 0.3) is 5.91 Å². The Hall–Kier alpha value is -3.22. The van der Waals surface area contributed by atoms with Gasteiger partial charge in [-0.25, -0.2) is 13.8 Å². The molecule has 0 radical (unpaired) electrons. The molecule has 1 heterocycles. The number of anilines is 1. The van der Waals surface area contributed by atoms with Gasteiger partial charge in [0.15, 0.2) is 0 Å². The lowest BCUT2D eigenvalue weighted by Gasteiger charge is -2.06. The van der Waals surface area contributed by atoms with Crippen molar-refractivity contribution in [3.8, 4) is 11.5 Å². The molecule has 3 N–H and O–H groups in total. The molecule has 1 aromatic heterocycles. The van der Waals surface area contributed by atoms with Crippen molar-refractivity contribution >= 4 is 11.6 Å². The molecule has 0 atom stereocenters. The maximum atomic E-state index is 13.4. The predicted octanol–water partition coefficient (Wildman–Crippen LogP) is 3.48. The van der Waals surface area contributed by atoms with Gasteiger partial charge in [0.05, 0.1) is 5.69 Å². The van der Waals surface area contributed by atoms with Gasteiger partial charge >= 0.3 is 0 Å². The average molecular weight is 357 g/mol. The smallest absolute Gasteiger partial charge is 0.251 e. The van der Waals surface area contributed by atoms with Crippen molar-refractivity contribution in [1.29, 1.82) is 0 Å². The van der Waals surface area contributed by atoms with Crippen molar-refractivity contribution in [2.75, 3.05) is 12.3 Å². The van der Waals surface area contributed by atoms with Crippen molar-refractivity contribution in [2.24, 2.45) is 0 Å². The number of nitrogens with zero attached hydrogens (tertiary/aromatic N) is 1. The van der Waals surface area contributed by atoms with E-state index in [9.17, 15) is 13.6 Å². The van der Waals surface area contributed by atoms with Crippen LogP contribution in [0.15, 0.2) is 46.9 Å². The van der Waals surface area contributed by atoms with E-state index in [1.54, 1.807) is 6.92 Å². The number of hydrogen-bond acceptors (Lipinski definition) is 4. The second-order valence-corrected chi connectivity index (χ2v) is 5.75. The van der Waals surface area contributed by atoms with Gasteiger partial charge in [-0.15, -0.1) is 0 Å². The van der Waals surface area contributed by atoms with Crippen LogP contribution in [0.3, 0.4) is 0 Å². The largest absolute Gasteiger partial charge is 0.441 e. The Kier molecular flexibility index (Phi) is 4.97. The summed E-state index contributed by atoms with van der Waals surface area (Å²) in [6.45, 7) is 2.04. The van der Waals surface area contributed by atoms with Crippen LogP contribution < -0.4 is 11.1 Å². The van der Waals surface area contributed by atoms with Crippen LogP contribution in [0.1, 0.15) is 21.8 Å². The Balaban J connectivity index is 1.63. The van der Waals surface area contributed by atoms with Gasteiger partial charge in [0, 0.05) is 24.1 Å². The third kappa shape index (κ3) is 3.72. The Morgan fingerprint density at radius 1 is 1.19 bits per heavy atom. The molecule has 3 aromatic rings. The van der Waals surface area contributed by atoms with Crippen LogP contribution >= 0.6 is 0 Å². The molecule has 0 unspecified atom stereocenters. The summed E-state index contributed by atoms with van der Waals surface area (Å²) in [5.74, 6) is -1.35. The van der Waals surface area contributed by atoms with Crippen molar-refractivity contribution in [3.05, 3.63) is 71.1 Å². The standard InChI is InChI=1S/C19H17F2N3O2/c1-11-16(24-19(26-11)12-5-3-2-4-6-12)7-8-23-18(25)13-9-14(20)17(22)15(21)10-13/h2-6,9-10H,7-8,22H2,1H3,(H,23,25). The number of amides is 1. The van der Waals surface area contributed by atoms with Gasteiger partial charge in [-0.1, -0.05) is 18.2 Å². The zero-order valence-corrected chi connectivity index (χ0v) is 14.1. The van der Waals surface area contributed by atoms with Crippen LogP contribution in [0, 0.1) is 18.6 Å². The summed E-state index contributed by atoms with van der Waals surface area (Å²) in [5.41, 5.74) is 6.03. The fraction of sp³-hybridized carbons (Fsp3) is 0.158. The molecule has 0 spiro atoms. The number of carbonyl (C=O) groups excluding carboxylic acids is 1. The van der Waals surface area contributed by atoms with E-state index < -0.39 is 23.2 Å². The van der Waals surface area contributed by atoms with E-state index in [-0.39, 0.29) is 12.1 Å². The number of aromatic nitrogens is 1. The fourth-order valence-electron chi connectivity index (χ4n) is 2.48. The molecule has 26 heavy (non-hydrogen) atoms. The van der Waals surface area contributed by atoms with Gasteiger partial charge in [-0.3, -0.25) is 4.79 Å². The van der Waals surface area contributed by atoms with Crippen LogP contribution in [0.2, 0.25) is 0 Å². The highest BCUT2D eigenvalue weighted by Gasteiger charge is 2.14. The summed E-state index contributed by atoms with van der Waals surface area (Å²) in [6.07, 6.45) is 0.424. The Morgan fingerprint density at radius 3 is 2.50 bits per heavy atom. The summed E-state index contributed by atoms with van der Waals surface area (Å²) in [6, 6.07) is 11.3. The molecule has 5 nitrogen and oxygen atoms in total. The number of carbonyl (C=O) groups is 1. The highest BCUT2D eigenvalue weighted by molar-refractivity contribution is 5.94. The SMILES string of the molecule is Cc1oc(-c2ccccc2)nc1CCNC(=O)c1cc(F)c(N)c(F)c1. The molecule has 0 fully saturated rings. The van der Waals surface area contributed by atoms with Crippen LogP contribution in [0.5, 0.6) is 0 Å². The summed E-state index contributed by atoms with van der Waals surface area (Å²) in [4.78, 5) is 16.5. The lowest BCUT2D eigenvalue weighted by molar-refractivity contribution is 0.0953. The molecule has 7 heteroatoms. The van der Waals surface area contributed by atoms with Gasteiger partial charge in [0.1, 0.15) is 23.1 Å². The quantitative estimate of drug-likeness (QED) is 0.685. The second-order valence-electron chi connectivity index (χ2n) is 5.75. The number of aryl methyl sites for hydroxylation is 1. The van der Waals surface area contributed by atoms with E-state index in [0.717, 1.165) is 17.7 Å². The van der Waals surface area contributed by atoms with Crippen LogP contribution in [0.25, 0.3) is 11.5 Å². The number of benzene rings is 2. The van der Waals surface area contributed by atoms with Crippen molar-refractivity contribution in [1.82, 2.24) is 10.3 Å². The number of hydrogen-bond donors (Lipinski definition) is 2. The molecule has 0 aliphatic carbocycles. The van der Waals surface area contributed by atoms with Gasteiger partial charge in [0.2, 0.25) is 5.89 Å². The average Bonchev–Trinajstić information content (AvgIpc) is 3.01. The lowest BCUT2D eigenvalue weighted by atomic mass is 10.1. The number of oxazole rings is 1. The monoisotopic (exact) mass is 357 g/mol. The van der Waals surface area contributed by atoms with E-state index in [2.05, 4.69) is 10.3 Å². The minimum absolute atomic E-state index is 0.129. The lowest BCUT2D eigenvalue weighted by Crippen LogP contribution is -2.26. The zero-order valence-electron chi connectivity index (χ0n) is 14.1. The summed E-state index contributed by atoms with van der Waals surface area (Å²) in [7, 11) is 0. The first kappa shape index (κ1) is 17.6. The maximum absolute atomic E-state index is 13.4. The maximum Gasteiger partial charge on any atom is 0.251 e. The molecular weight excluding hydrogens is 340 g/mol. The molecule has 0 bridgehead atoms. The Bertz CT molecular complexity index is 916. The normalized spacial score (nSPS) is 10.7. The molecule has 3 rings (SSSR count). The molecular formula is C19H17F2N3O2. The van der Waals surface area contributed by atoms with Crippen LogP contribution in [-0.4, -0.2) is 17.4 Å². The van der Waals surface area contributed by atoms with E-state index >= 15 is 0 Å². The first-order chi connectivity index (χ1) is 12.5. The molecule has 0 aliphatic rings. The van der Waals surface area contributed by atoms with Gasteiger partial charge in [-0.05, 0) is 31.2 Å². The number of halogens is 2. The van der Waals surface area contributed by atoms with Gasteiger partial charge in [-0.2, -0.15) is 0 Å². The highest BCUT2D eigenvalue weighted by atomic mass is 19.1. The molecule has 0 aliphatic heterocycles. The van der Waals surface area contributed by atoms with Gasteiger partial charge < -0.3 is 15.5 Å². The number of rotatable bonds is 5. The first-order valence-electron chi connectivity index (χ1n) is 8.00. The van der Waals surface area contributed by atoms with Crippen LogP contribution in [0.4, 0.5) is 14.5 Å². The third-order valence-corrected chi connectivity index (χ3v) is 3.90. The van der Waals surface area contributed by atoms with Crippen molar-refractivity contribution in [3.63, 3.8) is 0 Å². The number of nitrogens with two attached hydrogens (primary N) is 1. The summed E-state index contributed by atoms with van der Waals surface area (Å²) >= 11 is 0. The molecule has 134 valence electrons. The predicted molar refractivity (Wildman–Crippen MR) is 93.5 cm³/mol. The molecule has 0 saturated heterocycles. The van der Waals surface area contributed by atoms with E-state index in [4.69, 9.17) is 10.2 Å². The molecule has 2 aromatic carbocycles. The van der Waals surface area contributed by atoms with Crippen molar-refractivity contribution in [2.45, 2.75) is 13.3 Å². The zero-order chi connectivity index (χ0) is 18.7. The van der Waals surface area contributed by atoms with E-state index in [1.807, 2.05) is 30.3 Å². The number of nitrogen functional groups attached to an aromatic ring is 1. The van der Waals surface area contributed by atoms with Crippen molar-refractivity contribution < 1.29 is 18.0 Å². The minimum atomic E-state index is -0.963. The minimum Gasteiger partial charge on any atom is -0.441 e. The third-order valence-electron chi connectivity index (χ3n) is 3.90. The van der Waals surface area contributed by atoms with Crippen LogP contribution in [-0.2, 0) is 6.42 Å². The topological polar surface area (TPSA) is 81.2 Å². The Labute approximate surface area is 148 Å². The molecule has 0 saturated carbocycles. The second kappa shape index (κ2) is 7.35. The fourth-order valence-corrected chi connectivity index (χ4v) is 2.48. The summed E-state index contributed by atoms with van der Waals surface area (Å²) in [5, 5.41) is 2.60. The highest BCUT2D eigenvalue weighted by Crippen LogP contribution is 2.21. The van der Waals surface area contributed by atoms with E-state index in [0.29, 0.717) is 23.8 Å². The summed E-state index contributed by atoms with van der Waals surface area (Å²) < 4.78 is 32.5. The molecule has 1 amide bonds. The first-order valence-corrected chi connectivity index (χ1v) is 8.00.